The highest BCUT2D eigenvalue weighted by atomic mass is 16.5. The van der Waals surface area contributed by atoms with Gasteiger partial charge >= 0.3 is 0 Å². The maximum absolute atomic E-state index is 11.5. The van der Waals surface area contributed by atoms with Gasteiger partial charge in [-0.2, -0.15) is 0 Å². The predicted octanol–water partition coefficient (Wildman–Crippen LogP) is 3.42. The lowest BCUT2D eigenvalue weighted by Gasteiger charge is -2.10. The van der Waals surface area contributed by atoms with Crippen LogP contribution in [0.25, 0.3) is 0 Å². The molecule has 0 atom stereocenters. The summed E-state index contributed by atoms with van der Waals surface area (Å²) in [7, 11) is 0. The maximum Gasteiger partial charge on any atom is 0.254 e. The minimum Gasteiger partial charge on any atom is -0.438 e. The second-order valence-corrected chi connectivity index (χ2v) is 5.14. The number of pyridine rings is 2. The zero-order chi connectivity index (χ0) is 16.9. The van der Waals surface area contributed by atoms with E-state index in [1.54, 1.807) is 30.5 Å². The molecule has 3 rings (SSSR count). The Morgan fingerprint density at radius 3 is 2.54 bits per heavy atom. The van der Waals surface area contributed by atoms with Crippen molar-refractivity contribution in [3.8, 4) is 11.6 Å². The van der Waals surface area contributed by atoms with Gasteiger partial charge in [-0.05, 0) is 55.5 Å². The van der Waals surface area contributed by atoms with Crippen molar-refractivity contribution >= 4 is 17.4 Å². The summed E-state index contributed by atoms with van der Waals surface area (Å²) in [5.74, 6) is 0.934. The number of aryl methyl sites for hydroxylation is 1. The van der Waals surface area contributed by atoms with Crippen molar-refractivity contribution in [2.24, 2.45) is 5.73 Å². The van der Waals surface area contributed by atoms with Gasteiger partial charge in [-0.25, -0.2) is 9.97 Å². The van der Waals surface area contributed by atoms with Gasteiger partial charge in [0.2, 0.25) is 5.88 Å². The third-order valence-corrected chi connectivity index (χ3v) is 3.27. The van der Waals surface area contributed by atoms with Crippen molar-refractivity contribution in [3.05, 3.63) is 72.1 Å². The standard InChI is InChI=1S/C18H16N4O2/c1-12-5-10-15(17(19)23)18(21-12)24-14-8-6-13(7-9-14)22-16-4-2-3-11-20-16/h2-11H,1H3,(H2,19,23)(H,20,22). The number of hydrogen-bond donors (Lipinski definition) is 2. The minimum absolute atomic E-state index is 0.202. The fourth-order valence-corrected chi connectivity index (χ4v) is 2.10. The molecule has 3 N–H and O–H groups in total. The van der Waals surface area contributed by atoms with Gasteiger partial charge in [0, 0.05) is 17.6 Å². The lowest BCUT2D eigenvalue weighted by molar-refractivity contribution is 0.0997. The summed E-state index contributed by atoms with van der Waals surface area (Å²) in [6.07, 6.45) is 1.72. The molecule has 0 aliphatic rings. The van der Waals surface area contributed by atoms with E-state index in [9.17, 15) is 4.79 Å². The minimum atomic E-state index is -0.578. The van der Waals surface area contributed by atoms with Gasteiger partial charge in [-0.15, -0.1) is 0 Å². The van der Waals surface area contributed by atoms with E-state index in [-0.39, 0.29) is 11.4 Å². The van der Waals surface area contributed by atoms with E-state index in [1.807, 2.05) is 37.3 Å². The van der Waals surface area contributed by atoms with Gasteiger partial charge in [0.1, 0.15) is 17.1 Å². The number of nitrogens with one attached hydrogen (secondary N) is 1. The molecule has 2 heterocycles. The SMILES string of the molecule is Cc1ccc(C(N)=O)c(Oc2ccc(Nc3ccccn3)cc2)n1. The smallest absolute Gasteiger partial charge is 0.254 e. The molecular weight excluding hydrogens is 304 g/mol. The summed E-state index contributed by atoms with van der Waals surface area (Å²) in [4.78, 5) is 19.9. The lowest BCUT2D eigenvalue weighted by atomic mass is 10.2. The van der Waals surface area contributed by atoms with Gasteiger partial charge in [-0.3, -0.25) is 4.79 Å². The number of anilines is 2. The Labute approximate surface area is 139 Å². The van der Waals surface area contributed by atoms with Crippen molar-refractivity contribution in [1.29, 1.82) is 0 Å². The highest BCUT2D eigenvalue weighted by Crippen LogP contribution is 2.25. The molecule has 0 aliphatic carbocycles. The van der Waals surface area contributed by atoms with Crippen LogP contribution in [-0.2, 0) is 0 Å². The van der Waals surface area contributed by atoms with Crippen LogP contribution in [0.15, 0.2) is 60.8 Å². The second-order valence-electron chi connectivity index (χ2n) is 5.14. The van der Waals surface area contributed by atoms with Gasteiger partial charge in [0.05, 0.1) is 0 Å². The molecule has 1 amide bonds. The van der Waals surface area contributed by atoms with Crippen molar-refractivity contribution in [2.45, 2.75) is 6.92 Å². The monoisotopic (exact) mass is 320 g/mol. The number of carbonyl (C=O) groups excluding carboxylic acids is 1. The molecule has 6 nitrogen and oxygen atoms in total. The van der Waals surface area contributed by atoms with Gasteiger partial charge in [0.15, 0.2) is 0 Å². The third kappa shape index (κ3) is 3.67. The van der Waals surface area contributed by atoms with Gasteiger partial charge in [0.25, 0.3) is 5.91 Å². The fraction of sp³-hybridized carbons (Fsp3) is 0.0556. The Hall–Kier alpha value is -3.41. The second kappa shape index (κ2) is 6.78. The van der Waals surface area contributed by atoms with Crippen molar-refractivity contribution in [3.63, 3.8) is 0 Å². The normalized spacial score (nSPS) is 10.2. The molecule has 0 bridgehead atoms. The summed E-state index contributed by atoms with van der Waals surface area (Å²) in [6.45, 7) is 1.82. The highest BCUT2D eigenvalue weighted by Gasteiger charge is 2.12. The van der Waals surface area contributed by atoms with E-state index in [4.69, 9.17) is 10.5 Å². The van der Waals surface area contributed by atoms with E-state index >= 15 is 0 Å². The molecule has 24 heavy (non-hydrogen) atoms. The molecule has 0 radical (unpaired) electrons. The zero-order valence-electron chi connectivity index (χ0n) is 13.1. The van der Waals surface area contributed by atoms with E-state index < -0.39 is 5.91 Å². The Balaban J connectivity index is 1.77. The number of nitrogens with zero attached hydrogens (tertiary/aromatic N) is 2. The number of aromatic nitrogens is 2. The summed E-state index contributed by atoms with van der Waals surface area (Å²) in [5, 5.41) is 3.18. The number of ether oxygens (including phenoxy) is 1. The van der Waals surface area contributed by atoms with E-state index in [2.05, 4.69) is 15.3 Å². The maximum atomic E-state index is 11.5. The predicted molar refractivity (Wildman–Crippen MR) is 91.5 cm³/mol. The molecule has 0 spiro atoms. The number of benzene rings is 1. The molecule has 0 unspecified atom stereocenters. The highest BCUT2D eigenvalue weighted by molar-refractivity contribution is 5.95. The van der Waals surface area contributed by atoms with Crippen LogP contribution >= 0.6 is 0 Å². The first-order chi connectivity index (χ1) is 11.6. The van der Waals surface area contributed by atoms with Crippen molar-refractivity contribution < 1.29 is 9.53 Å². The fourth-order valence-electron chi connectivity index (χ4n) is 2.10. The molecular formula is C18H16N4O2. The van der Waals surface area contributed by atoms with Crippen molar-refractivity contribution in [1.82, 2.24) is 9.97 Å². The van der Waals surface area contributed by atoms with Gasteiger partial charge < -0.3 is 15.8 Å². The van der Waals surface area contributed by atoms with Crippen LogP contribution in [0.1, 0.15) is 16.1 Å². The summed E-state index contributed by atoms with van der Waals surface area (Å²) >= 11 is 0. The first-order valence-corrected chi connectivity index (χ1v) is 7.35. The topological polar surface area (TPSA) is 90.1 Å². The average molecular weight is 320 g/mol. The first-order valence-electron chi connectivity index (χ1n) is 7.35. The number of rotatable bonds is 5. The lowest BCUT2D eigenvalue weighted by Crippen LogP contribution is -2.13. The van der Waals surface area contributed by atoms with Crippen molar-refractivity contribution in [2.75, 3.05) is 5.32 Å². The van der Waals surface area contributed by atoms with Crippen LogP contribution < -0.4 is 15.8 Å². The van der Waals surface area contributed by atoms with E-state index in [0.717, 1.165) is 17.2 Å². The first kappa shape index (κ1) is 15.5. The number of amides is 1. The molecule has 6 heteroatoms. The Bertz CT molecular complexity index is 849. The molecule has 1 aromatic carbocycles. The summed E-state index contributed by atoms with van der Waals surface area (Å²) in [6, 6.07) is 16.2. The van der Waals surface area contributed by atoms with E-state index in [0.29, 0.717) is 5.75 Å². The number of nitrogens with two attached hydrogens (primary N) is 1. The average Bonchev–Trinajstić information content (AvgIpc) is 2.57. The Kier molecular flexibility index (Phi) is 4.38. The Morgan fingerprint density at radius 2 is 1.88 bits per heavy atom. The zero-order valence-corrected chi connectivity index (χ0v) is 13.1. The molecule has 120 valence electrons. The van der Waals surface area contributed by atoms with Crippen LogP contribution in [0.3, 0.4) is 0 Å². The third-order valence-electron chi connectivity index (χ3n) is 3.27. The molecule has 2 aromatic heterocycles. The Morgan fingerprint density at radius 1 is 1.08 bits per heavy atom. The van der Waals surface area contributed by atoms with Crippen LogP contribution in [0.5, 0.6) is 11.6 Å². The molecule has 3 aromatic rings. The molecule has 0 saturated carbocycles. The molecule has 0 saturated heterocycles. The van der Waals surface area contributed by atoms with Gasteiger partial charge in [-0.1, -0.05) is 6.07 Å². The van der Waals surface area contributed by atoms with Crippen LogP contribution in [0.2, 0.25) is 0 Å². The quantitative estimate of drug-likeness (QED) is 0.751. The largest absolute Gasteiger partial charge is 0.438 e. The molecule has 0 fully saturated rings. The van der Waals surface area contributed by atoms with Crippen LogP contribution in [-0.4, -0.2) is 15.9 Å². The van der Waals surface area contributed by atoms with Crippen LogP contribution in [0, 0.1) is 6.92 Å². The molecule has 0 aliphatic heterocycles. The number of hydrogen-bond acceptors (Lipinski definition) is 5. The van der Waals surface area contributed by atoms with E-state index in [1.165, 1.54) is 0 Å². The number of carbonyl (C=O) groups is 1. The summed E-state index contributed by atoms with van der Waals surface area (Å²) in [5.41, 5.74) is 7.21. The van der Waals surface area contributed by atoms with Crippen LogP contribution in [0.4, 0.5) is 11.5 Å². The number of primary amides is 1. The summed E-state index contributed by atoms with van der Waals surface area (Å²) < 4.78 is 5.70.